The van der Waals surface area contributed by atoms with Crippen LogP contribution in [0.15, 0.2) is 57.8 Å². The number of carbonyl (C=O) groups is 3. The summed E-state index contributed by atoms with van der Waals surface area (Å²) in [7, 11) is 5.21. The number of nitrogens with one attached hydrogen (secondary N) is 2. The zero-order valence-electron chi connectivity index (χ0n) is 27.5. The topological polar surface area (TPSA) is 137 Å². The van der Waals surface area contributed by atoms with Gasteiger partial charge in [0.15, 0.2) is 0 Å². The van der Waals surface area contributed by atoms with Crippen LogP contribution in [0.5, 0.6) is 11.5 Å². The number of hydrogen-bond donors (Lipinski definition) is 2. The molecule has 0 radical (unpaired) electrons. The Bertz CT molecular complexity index is 2020. The van der Waals surface area contributed by atoms with E-state index >= 15 is 0 Å². The van der Waals surface area contributed by atoms with Gasteiger partial charge in [0.2, 0.25) is 11.8 Å². The summed E-state index contributed by atoms with van der Waals surface area (Å²) in [4.78, 5) is 64.2. The number of anilines is 1. The summed E-state index contributed by atoms with van der Waals surface area (Å²) in [5, 5.41) is 2.74. The first kappa shape index (κ1) is 32.8. The molecule has 1 aromatic heterocycles. The number of aromatic amines is 1. The molecular formula is C36H37BrN6O6. The second-order valence-electron chi connectivity index (χ2n) is 12.8. The number of piperidine rings is 2. The lowest BCUT2D eigenvalue weighted by atomic mass is 10.0. The molecule has 0 bridgehead atoms. The fourth-order valence-electron chi connectivity index (χ4n) is 7.18. The van der Waals surface area contributed by atoms with Gasteiger partial charge in [-0.15, -0.1) is 0 Å². The number of nitrogens with zero attached hydrogens (tertiary/aromatic N) is 4. The smallest absolute Gasteiger partial charge is 0.262 e. The molecule has 12 nitrogen and oxygen atoms in total. The van der Waals surface area contributed by atoms with E-state index in [1.807, 2.05) is 18.2 Å². The van der Waals surface area contributed by atoms with Crippen LogP contribution >= 0.6 is 15.9 Å². The van der Waals surface area contributed by atoms with Crippen molar-refractivity contribution in [1.82, 2.24) is 25.1 Å². The minimum atomic E-state index is -0.627. The molecule has 2 saturated heterocycles. The van der Waals surface area contributed by atoms with Crippen LogP contribution in [0.4, 0.5) is 5.69 Å². The standard InChI is InChI=1S/C36H37BrN6O6/c1-41(18-22-14-21-19-43(36(47)26(21)17-27(22)37)29-8-9-31(44)39-34(29)45)23-10-12-42(13-11-23)24-6-4-20(5-7-24)33-38-28-15-25(48-2)16-30(49-3)32(28)35(46)40-33/h4-7,14-17,23,29H,8-13,18-19H2,1-3H3,(H,38,40,46)(H,39,44,45). The van der Waals surface area contributed by atoms with Crippen molar-refractivity contribution < 1.29 is 23.9 Å². The number of amides is 3. The molecule has 3 aliphatic rings. The van der Waals surface area contributed by atoms with Gasteiger partial charge >= 0.3 is 0 Å². The van der Waals surface area contributed by atoms with Gasteiger partial charge in [0, 0.05) is 72.1 Å². The third-order valence-corrected chi connectivity index (χ3v) is 10.6. The van der Waals surface area contributed by atoms with Gasteiger partial charge in [-0.25, -0.2) is 4.98 Å². The molecule has 1 atom stereocenters. The molecule has 1 unspecified atom stereocenters. The number of hydrogen-bond acceptors (Lipinski definition) is 9. The lowest BCUT2D eigenvalue weighted by Gasteiger charge is -2.38. The molecular weight excluding hydrogens is 692 g/mol. The van der Waals surface area contributed by atoms with Crippen LogP contribution in [0, 0.1) is 0 Å². The van der Waals surface area contributed by atoms with Crippen molar-refractivity contribution in [3.8, 4) is 22.9 Å². The molecule has 3 amide bonds. The lowest BCUT2D eigenvalue weighted by molar-refractivity contribution is -0.136. The van der Waals surface area contributed by atoms with E-state index in [1.54, 1.807) is 24.1 Å². The fourth-order valence-corrected chi connectivity index (χ4v) is 7.65. The summed E-state index contributed by atoms with van der Waals surface area (Å²) in [6.45, 7) is 2.88. The number of imide groups is 1. The molecule has 7 rings (SSSR count). The molecule has 4 heterocycles. The Morgan fingerprint density at radius 1 is 0.980 bits per heavy atom. The predicted octanol–water partition coefficient (Wildman–Crippen LogP) is 4.23. The number of methoxy groups -OCH3 is 2. The van der Waals surface area contributed by atoms with Crippen LogP contribution < -0.4 is 25.2 Å². The normalized spacial score (nSPS) is 18.3. The first-order valence-corrected chi connectivity index (χ1v) is 17.1. The molecule has 13 heteroatoms. The summed E-state index contributed by atoms with van der Waals surface area (Å²) < 4.78 is 11.6. The highest BCUT2D eigenvalue weighted by Gasteiger charge is 2.39. The number of rotatable bonds is 8. The van der Waals surface area contributed by atoms with Crippen LogP contribution in [0.3, 0.4) is 0 Å². The molecule has 3 aromatic carbocycles. The summed E-state index contributed by atoms with van der Waals surface area (Å²) >= 11 is 3.69. The van der Waals surface area contributed by atoms with Crippen molar-refractivity contribution in [1.29, 1.82) is 0 Å². The number of halogens is 1. The molecule has 2 N–H and O–H groups in total. The van der Waals surface area contributed by atoms with Gasteiger partial charge in [0.25, 0.3) is 11.5 Å². The predicted molar refractivity (Wildman–Crippen MR) is 188 cm³/mol. The van der Waals surface area contributed by atoms with Crippen molar-refractivity contribution in [2.45, 2.75) is 50.9 Å². The van der Waals surface area contributed by atoms with Crippen molar-refractivity contribution in [3.63, 3.8) is 0 Å². The maximum atomic E-state index is 13.2. The summed E-state index contributed by atoms with van der Waals surface area (Å²) in [5.41, 5.74) is 4.75. The van der Waals surface area contributed by atoms with E-state index in [2.05, 4.69) is 61.3 Å². The molecule has 4 aromatic rings. The Hall–Kier alpha value is -4.75. The highest BCUT2D eigenvalue weighted by molar-refractivity contribution is 9.10. The Morgan fingerprint density at radius 3 is 2.43 bits per heavy atom. The quantitative estimate of drug-likeness (QED) is 0.256. The van der Waals surface area contributed by atoms with E-state index in [0.717, 1.165) is 52.8 Å². The van der Waals surface area contributed by atoms with Gasteiger partial charge < -0.3 is 24.3 Å². The number of H-pyrrole nitrogens is 1. The number of carbonyl (C=O) groups excluding carboxylic acids is 3. The van der Waals surface area contributed by atoms with Crippen molar-refractivity contribution in [2.24, 2.45) is 0 Å². The summed E-state index contributed by atoms with van der Waals surface area (Å²) in [5.74, 6) is 0.583. The first-order valence-electron chi connectivity index (χ1n) is 16.3. The molecule has 254 valence electrons. The van der Waals surface area contributed by atoms with E-state index in [0.29, 0.717) is 59.3 Å². The molecule has 0 saturated carbocycles. The summed E-state index contributed by atoms with van der Waals surface area (Å²) in [6, 6.07) is 15.2. The van der Waals surface area contributed by atoms with E-state index < -0.39 is 11.9 Å². The van der Waals surface area contributed by atoms with Crippen molar-refractivity contribution in [3.05, 3.63) is 80.0 Å². The van der Waals surface area contributed by atoms with Crippen LogP contribution in [-0.4, -0.2) is 83.9 Å². The van der Waals surface area contributed by atoms with Crippen molar-refractivity contribution in [2.75, 3.05) is 39.3 Å². The average molecular weight is 730 g/mol. The highest BCUT2D eigenvalue weighted by atomic mass is 79.9. The summed E-state index contributed by atoms with van der Waals surface area (Å²) in [6.07, 6.45) is 2.56. The zero-order valence-corrected chi connectivity index (χ0v) is 29.1. The van der Waals surface area contributed by atoms with Crippen LogP contribution in [0.25, 0.3) is 22.3 Å². The first-order chi connectivity index (χ1) is 23.6. The second kappa shape index (κ2) is 13.3. The largest absolute Gasteiger partial charge is 0.497 e. The minimum absolute atomic E-state index is 0.173. The number of ether oxygens (including phenoxy) is 2. The van der Waals surface area contributed by atoms with E-state index in [1.165, 1.54) is 7.11 Å². The second-order valence-corrected chi connectivity index (χ2v) is 13.7. The van der Waals surface area contributed by atoms with Gasteiger partial charge in [-0.2, -0.15) is 0 Å². The molecule has 0 aliphatic carbocycles. The molecule has 0 spiro atoms. The van der Waals surface area contributed by atoms with Crippen LogP contribution in [0.2, 0.25) is 0 Å². The van der Waals surface area contributed by atoms with Gasteiger partial charge in [-0.3, -0.25) is 29.4 Å². The Labute approximate surface area is 291 Å². The van der Waals surface area contributed by atoms with E-state index in [-0.39, 0.29) is 23.8 Å². The lowest BCUT2D eigenvalue weighted by Crippen LogP contribution is -2.52. The Morgan fingerprint density at radius 2 is 1.73 bits per heavy atom. The van der Waals surface area contributed by atoms with Gasteiger partial charge in [-0.05, 0) is 67.8 Å². The zero-order chi connectivity index (χ0) is 34.4. The number of benzene rings is 3. The third-order valence-electron chi connectivity index (χ3n) is 9.91. The fraction of sp³-hybridized carbons (Fsp3) is 0.361. The number of fused-ring (bicyclic) bond motifs is 2. The minimum Gasteiger partial charge on any atom is -0.497 e. The Kier molecular flexibility index (Phi) is 8.88. The SMILES string of the molecule is COc1cc(OC)c2c(=O)[nH]c(-c3ccc(N4CCC(N(C)Cc5cc6c(cc5Br)C(=O)N(C5CCC(=O)NC5=O)C6)CC4)cc3)nc2c1. The van der Waals surface area contributed by atoms with E-state index in [9.17, 15) is 19.2 Å². The van der Waals surface area contributed by atoms with E-state index in [4.69, 9.17) is 14.5 Å². The van der Waals surface area contributed by atoms with Gasteiger partial charge in [0.05, 0.1) is 19.7 Å². The maximum Gasteiger partial charge on any atom is 0.262 e. The molecule has 2 fully saturated rings. The maximum absolute atomic E-state index is 13.2. The van der Waals surface area contributed by atoms with Gasteiger partial charge in [0.1, 0.15) is 28.8 Å². The Balaban J connectivity index is 0.983. The van der Waals surface area contributed by atoms with Gasteiger partial charge in [-0.1, -0.05) is 22.0 Å². The van der Waals surface area contributed by atoms with Crippen LogP contribution in [0.1, 0.15) is 47.2 Å². The van der Waals surface area contributed by atoms with Crippen LogP contribution in [-0.2, 0) is 22.7 Å². The molecule has 3 aliphatic heterocycles. The highest BCUT2D eigenvalue weighted by Crippen LogP contribution is 2.34. The average Bonchev–Trinajstić information content (AvgIpc) is 3.41. The molecule has 49 heavy (non-hydrogen) atoms. The monoisotopic (exact) mass is 728 g/mol. The van der Waals surface area contributed by atoms with Crippen molar-refractivity contribution >= 4 is 50.2 Å². The number of aromatic nitrogens is 2. The third kappa shape index (κ3) is 6.28.